The topological polar surface area (TPSA) is 29.1 Å². The summed E-state index contributed by atoms with van der Waals surface area (Å²) >= 11 is 3.52. The van der Waals surface area contributed by atoms with Crippen LogP contribution in [0.5, 0.6) is 0 Å². The van der Waals surface area contributed by atoms with Crippen LogP contribution in [0.2, 0.25) is 0 Å². The number of anilines is 1. The Morgan fingerprint density at radius 2 is 1.53 bits per heavy atom. The molecule has 0 aliphatic carbocycles. The number of carbonyl (C=O) groups excluding carboxylic acids is 1. The lowest BCUT2D eigenvalue weighted by Crippen LogP contribution is -2.11. The van der Waals surface area contributed by atoms with Crippen LogP contribution >= 0.6 is 26.6 Å². The van der Waals surface area contributed by atoms with Crippen LogP contribution in [0.25, 0.3) is 0 Å². The maximum Gasteiger partial charge on any atom is 0.195 e. The normalized spacial score (nSPS) is 12.3. The van der Waals surface area contributed by atoms with E-state index in [1.807, 2.05) is 48.5 Å². The van der Waals surface area contributed by atoms with E-state index in [0.717, 1.165) is 10.2 Å². The van der Waals surface area contributed by atoms with E-state index < -0.39 is 0 Å². The minimum Gasteiger partial charge on any atom is -0.331 e. The summed E-state index contributed by atoms with van der Waals surface area (Å²) in [7, 11) is -0.316. The van der Waals surface area contributed by atoms with Gasteiger partial charge in [-0.3, -0.25) is 4.79 Å². The molecule has 0 radical (unpaired) electrons. The Balaban J connectivity index is 1.99. The van der Waals surface area contributed by atoms with Gasteiger partial charge in [0.25, 0.3) is 0 Å². The molecule has 3 aromatic rings. The van der Waals surface area contributed by atoms with Crippen molar-refractivity contribution in [1.29, 1.82) is 0 Å². The monoisotopic (exact) mass is 481 g/mol. The molecule has 0 aromatic heterocycles. The van der Waals surface area contributed by atoms with Crippen LogP contribution in [0.3, 0.4) is 0 Å². The van der Waals surface area contributed by atoms with Gasteiger partial charge in [-0.25, -0.2) is 0 Å². The molecule has 0 heterocycles. The lowest BCUT2D eigenvalue weighted by atomic mass is 9.87. The number of benzene rings is 3. The highest BCUT2D eigenvalue weighted by molar-refractivity contribution is 9.10. The number of hydrogen-bond donors (Lipinski definition) is 1. The van der Waals surface area contributed by atoms with E-state index in [-0.39, 0.29) is 21.9 Å². The van der Waals surface area contributed by atoms with E-state index in [2.05, 4.69) is 79.5 Å². The Morgan fingerprint density at radius 1 is 0.900 bits per heavy atom. The van der Waals surface area contributed by atoms with Gasteiger partial charge in [-0.05, 0) is 60.0 Å². The molecule has 0 saturated heterocycles. The maximum atomic E-state index is 13.2. The van der Waals surface area contributed by atoms with Crippen LogP contribution in [-0.2, 0) is 5.41 Å². The standard InChI is InChI=1S/C26H28BrNOS/c1-18(2)30(22-14-11-20(12-15-22)26(3,4)5)28-24-16-13-21(27)17-23(24)25(29)19-9-7-6-8-10-19/h6-17,28H,1-5H3. The van der Waals surface area contributed by atoms with E-state index in [9.17, 15) is 4.79 Å². The molecule has 156 valence electrons. The molecule has 0 spiro atoms. The highest BCUT2D eigenvalue weighted by Crippen LogP contribution is 2.35. The molecule has 0 amide bonds. The number of hydrogen-bond acceptors (Lipinski definition) is 2. The number of ketones is 1. The molecule has 2 nitrogen and oxygen atoms in total. The van der Waals surface area contributed by atoms with Crippen molar-refractivity contribution in [3.8, 4) is 0 Å². The zero-order chi connectivity index (χ0) is 21.9. The predicted octanol–water partition coefficient (Wildman–Crippen LogP) is 7.84. The van der Waals surface area contributed by atoms with Gasteiger partial charge in [-0.15, -0.1) is 0 Å². The summed E-state index contributed by atoms with van der Waals surface area (Å²) in [5, 5.41) is 0. The van der Waals surface area contributed by atoms with Crippen molar-refractivity contribution in [2.45, 2.75) is 44.9 Å². The van der Waals surface area contributed by atoms with Crippen molar-refractivity contribution in [3.05, 3.63) is 94.0 Å². The van der Waals surface area contributed by atoms with Gasteiger partial charge in [-0.2, -0.15) is 0 Å². The molecule has 1 unspecified atom stereocenters. The third kappa shape index (κ3) is 5.30. The lowest BCUT2D eigenvalue weighted by molar-refractivity contribution is 0.103. The molecule has 0 fully saturated rings. The predicted molar refractivity (Wildman–Crippen MR) is 135 cm³/mol. The van der Waals surface area contributed by atoms with Gasteiger partial charge in [0.15, 0.2) is 5.78 Å². The van der Waals surface area contributed by atoms with E-state index >= 15 is 0 Å². The van der Waals surface area contributed by atoms with Gasteiger partial charge in [-0.1, -0.05) is 89.8 Å². The van der Waals surface area contributed by atoms with Gasteiger partial charge in [0.05, 0.1) is 5.69 Å². The van der Waals surface area contributed by atoms with Crippen molar-refractivity contribution in [2.24, 2.45) is 0 Å². The summed E-state index contributed by atoms with van der Waals surface area (Å²) in [6.45, 7) is 10.9. The summed E-state index contributed by atoms with van der Waals surface area (Å²) < 4.78 is 4.54. The first kappa shape index (κ1) is 22.5. The Hall–Kier alpha value is -2.17. The van der Waals surface area contributed by atoms with Crippen LogP contribution in [0.15, 0.2) is 82.2 Å². The molecule has 3 aromatic carbocycles. The molecule has 0 saturated carbocycles. The zero-order valence-corrected chi connectivity index (χ0v) is 20.5. The second kappa shape index (κ2) is 9.32. The minimum atomic E-state index is -0.316. The second-order valence-corrected chi connectivity index (χ2v) is 11.5. The van der Waals surface area contributed by atoms with Crippen LogP contribution in [0.1, 0.15) is 56.1 Å². The molecule has 0 aliphatic rings. The zero-order valence-electron chi connectivity index (χ0n) is 18.1. The third-order valence-corrected chi connectivity index (χ3v) is 7.32. The van der Waals surface area contributed by atoms with Gasteiger partial charge < -0.3 is 4.72 Å². The smallest absolute Gasteiger partial charge is 0.195 e. The van der Waals surface area contributed by atoms with Gasteiger partial charge in [0.2, 0.25) is 0 Å². The molecule has 1 N–H and O–H groups in total. The van der Waals surface area contributed by atoms with Crippen molar-refractivity contribution in [2.75, 3.05) is 4.72 Å². The summed E-state index contributed by atoms with van der Waals surface area (Å²) in [6.07, 6.45) is 0. The first-order valence-electron chi connectivity index (χ1n) is 9.98. The van der Waals surface area contributed by atoms with Crippen molar-refractivity contribution in [3.63, 3.8) is 0 Å². The van der Waals surface area contributed by atoms with Crippen LogP contribution in [0, 0.1) is 0 Å². The first-order chi connectivity index (χ1) is 14.2. The fourth-order valence-corrected chi connectivity index (χ4v) is 5.10. The van der Waals surface area contributed by atoms with E-state index in [1.165, 1.54) is 15.3 Å². The number of halogens is 1. The van der Waals surface area contributed by atoms with Gasteiger partial charge in [0.1, 0.15) is 0 Å². The number of carbonyl (C=O) groups is 1. The number of nitrogens with one attached hydrogen (secondary N) is 1. The average Bonchev–Trinajstić information content (AvgIpc) is 2.72. The summed E-state index contributed by atoms with van der Waals surface area (Å²) in [4.78, 5) is 15.7. The van der Waals surface area contributed by atoms with Crippen molar-refractivity contribution < 1.29 is 4.79 Å². The van der Waals surface area contributed by atoms with E-state index in [1.54, 1.807) is 0 Å². The van der Waals surface area contributed by atoms with Gasteiger partial charge >= 0.3 is 0 Å². The van der Waals surface area contributed by atoms with Crippen LogP contribution in [0.4, 0.5) is 5.69 Å². The summed E-state index contributed by atoms with van der Waals surface area (Å²) in [5.74, 6) is 0.0137. The fourth-order valence-electron chi connectivity index (χ4n) is 3.14. The minimum absolute atomic E-state index is 0.0137. The molecular weight excluding hydrogens is 454 g/mol. The molecule has 3 rings (SSSR count). The molecule has 0 bridgehead atoms. The Labute approximate surface area is 190 Å². The highest BCUT2D eigenvalue weighted by Gasteiger charge is 2.17. The second-order valence-electron chi connectivity index (χ2n) is 8.48. The molecule has 1 atom stereocenters. The highest BCUT2D eigenvalue weighted by atomic mass is 79.9. The Bertz CT molecular complexity index is 1080. The molecule has 0 aliphatic heterocycles. The Morgan fingerprint density at radius 3 is 2.10 bits per heavy atom. The summed E-state index contributed by atoms with van der Waals surface area (Å²) in [6, 6.07) is 24.1. The van der Waals surface area contributed by atoms with Crippen molar-refractivity contribution in [1.82, 2.24) is 0 Å². The first-order valence-corrected chi connectivity index (χ1v) is 12.0. The average molecular weight is 482 g/mol. The molecule has 30 heavy (non-hydrogen) atoms. The van der Waals surface area contributed by atoms with Crippen LogP contribution < -0.4 is 4.72 Å². The fraction of sp³-hybridized carbons (Fsp3) is 0.231. The summed E-state index contributed by atoms with van der Waals surface area (Å²) in [5.41, 5.74) is 3.63. The number of rotatable bonds is 5. The SMILES string of the molecule is CC(C)=S(Nc1ccc(Br)cc1C(=O)c1ccccc1)c1ccc(C(C)(C)C)cc1. The molecular formula is C26H28BrNOS. The van der Waals surface area contributed by atoms with E-state index in [0.29, 0.717) is 11.1 Å². The maximum absolute atomic E-state index is 13.2. The van der Waals surface area contributed by atoms with E-state index in [4.69, 9.17) is 0 Å². The largest absolute Gasteiger partial charge is 0.331 e. The third-order valence-electron chi connectivity index (χ3n) is 4.84. The van der Waals surface area contributed by atoms with Crippen LogP contribution in [-0.4, -0.2) is 10.6 Å². The van der Waals surface area contributed by atoms with Gasteiger partial charge in [0, 0.05) is 20.5 Å². The molecule has 4 heteroatoms. The van der Waals surface area contributed by atoms with Crippen molar-refractivity contribution >= 4 is 42.9 Å². The quantitative estimate of drug-likeness (QED) is 0.296. The lowest BCUT2D eigenvalue weighted by Gasteiger charge is -2.21. The Kier molecular flexibility index (Phi) is 6.99.